The van der Waals surface area contributed by atoms with Crippen LogP contribution in [0.3, 0.4) is 0 Å². The molecule has 0 aliphatic carbocycles. The van der Waals surface area contributed by atoms with Crippen LogP contribution < -0.4 is 5.32 Å². The van der Waals surface area contributed by atoms with Gasteiger partial charge in [-0.05, 0) is 24.6 Å². The van der Waals surface area contributed by atoms with Crippen LogP contribution in [-0.4, -0.2) is 31.0 Å². The number of nitrogens with one attached hydrogen (secondary N) is 1. The Hall–Kier alpha value is -3.95. The topological polar surface area (TPSA) is 98.7 Å². The van der Waals surface area contributed by atoms with Gasteiger partial charge in [0.2, 0.25) is 5.82 Å². The summed E-state index contributed by atoms with van der Waals surface area (Å²) in [4.78, 5) is 16.1. The number of carbonyl (C=O) groups excluding carboxylic acids is 1. The zero-order chi connectivity index (χ0) is 20.4. The lowest BCUT2D eigenvalue weighted by Crippen LogP contribution is -2.13. The van der Waals surface area contributed by atoms with Crippen LogP contribution in [0.4, 0.5) is 14.5 Å². The monoisotopic (exact) mass is 396 g/mol. The lowest BCUT2D eigenvalue weighted by molar-refractivity contribution is 0.0981. The van der Waals surface area contributed by atoms with E-state index in [0.717, 1.165) is 29.3 Å². The molecule has 0 unspecified atom stereocenters. The van der Waals surface area contributed by atoms with Crippen LogP contribution in [-0.2, 0) is 6.54 Å². The van der Waals surface area contributed by atoms with Gasteiger partial charge in [0.15, 0.2) is 5.69 Å². The molecule has 0 fully saturated rings. The molecule has 146 valence electrons. The largest absolute Gasteiger partial charge is 0.328 e. The maximum Gasteiger partial charge on any atom is 0.316 e. The minimum absolute atomic E-state index is 0.0463. The highest BCUT2D eigenvalue weighted by Gasteiger charge is 2.19. The van der Waals surface area contributed by atoms with Crippen molar-refractivity contribution < 1.29 is 18.1 Å². The Labute approximate surface area is 163 Å². The summed E-state index contributed by atoms with van der Waals surface area (Å²) in [7, 11) is 0. The van der Waals surface area contributed by atoms with Gasteiger partial charge in [0.1, 0.15) is 11.6 Å². The van der Waals surface area contributed by atoms with Gasteiger partial charge in [0.25, 0.3) is 0 Å². The number of rotatable bonds is 5. The van der Waals surface area contributed by atoms with Crippen LogP contribution >= 0.6 is 0 Å². The minimum Gasteiger partial charge on any atom is -0.328 e. The maximum absolute atomic E-state index is 13.7. The van der Waals surface area contributed by atoms with E-state index in [9.17, 15) is 13.6 Å². The van der Waals surface area contributed by atoms with Gasteiger partial charge in [0, 0.05) is 6.07 Å². The first-order valence-electron chi connectivity index (χ1n) is 8.54. The second kappa shape index (κ2) is 7.58. The molecule has 0 aliphatic rings. The first kappa shape index (κ1) is 18.4. The average Bonchev–Trinajstić information content (AvgIpc) is 3.36. The van der Waals surface area contributed by atoms with E-state index in [-0.39, 0.29) is 11.5 Å². The van der Waals surface area contributed by atoms with Gasteiger partial charge in [0.05, 0.1) is 18.4 Å². The number of halogens is 2. The molecule has 2 aromatic heterocycles. The van der Waals surface area contributed by atoms with Crippen LogP contribution in [0.5, 0.6) is 0 Å². The number of nitrogens with zero attached hydrogens (tertiary/aromatic N) is 5. The van der Waals surface area contributed by atoms with Crippen molar-refractivity contribution >= 4 is 11.6 Å². The molecule has 1 amide bonds. The van der Waals surface area contributed by atoms with E-state index in [1.807, 2.05) is 31.2 Å². The lowest BCUT2D eigenvalue weighted by Gasteiger charge is -2.03. The zero-order valence-corrected chi connectivity index (χ0v) is 15.1. The van der Waals surface area contributed by atoms with Gasteiger partial charge in [-0.15, -0.1) is 5.10 Å². The second-order valence-electron chi connectivity index (χ2n) is 6.29. The van der Waals surface area contributed by atoms with Crippen molar-refractivity contribution in [3.63, 3.8) is 0 Å². The van der Waals surface area contributed by atoms with E-state index < -0.39 is 23.4 Å². The van der Waals surface area contributed by atoms with Crippen molar-refractivity contribution in [1.29, 1.82) is 0 Å². The summed E-state index contributed by atoms with van der Waals surface area (Å²) >= 11 is 0. The predicted octanol–water partition coefficient (Wildman–Crippen LogP) is 3.22. The van der Waals surface area contributed by atoms with E-state index >= 15 is 0 Å². The summed E-state index contributed by atoms with van der Waals surface area (Å²) in [5.74, 6) is -2.74. The summed E-state index contributed by atoms with van der Waals surface area (Å²) in [6.07, 6.45) is 1.61. The summed E-state index contributed by atoms with van der Waals surface area (Å²) in [6.45, 7) is 2.50. The minimum atomic E-state index is -0.875. The molecule has 0 saturated heterocycles. The van der Waals surface area contributed by atoms with Crippen LogP contribution in [0.2, 0.25) is 0 Å². The zero-order valence-electron chi connectivity index (χ0n) is 15.1. The average molecular weight is 396 g/mol. The number of hydrogen-bond donors (Lipinski definition) is 1. The van der Waals surface area contributed by atoms with Crippen LogP contribution in [0.1, 0.15) is 21.8 Å². The Balaban J connectivity index is 1.47. The molecular weight excluding hydrogens is 382 g/mol. The van der Waals surface area contributed by atoms with Gasteiger partial charge in [-0.25, -0.2) is 13.5 Å². The van der Waals surface area contributed by atoms with E-state index in [4.69, 9.17) is 4.52 Å². The van der Waals surface area contributed by atoms with Crippen LogP contribution in [0.15, 0.2) is 53.2 Å². The van der Waals surface area contributed by atoms with Gasteiger partial charge in [-0.2, -0.15) is 4.98 Å². The fraction of sp³-hybridized carbons (Fsp3) is 0.105. The molecule has 2 heterocycles. The highest BCUT2D eigenvalue weighted by Crippen LogP contribution is 2.17. The molecule has 4 aromatic rings. The summed E-state index contributed by atoms with van der Waals surface area (Å²) < 4.78 is 33.4. The number of hydrogen-bond acceptors (Lipinski definition) is 6. The molecule has 8 nitrogen and oxygen atoms in total. The third kappa shape index (κ3) is 4.15. The molecule has 2 aromatic carbocycles. The number of carbonyl (C=O) groups is 1. The quantitative estimate of drug-likeness (QED) is 0.556. The molecule has 0 bridgehead atoms. The molecule has 29 heavy (non-hydrogen) atoms. The number of aryl methyl sites for hydroxylation is 1. The van der Waals surface area contributed by atoms with Crippen molar-refractivity contribution in [2.45, 2.75) is 13.5 Å². The summed E-state index contributed by atoms with van der Waals surface area (Å²) in [5, 5.41) is 13.8. The number of aromatic nitrogens is 5. The fourth-order valence-electron chi connectivity index (χ4n) is 2.55. The van der Waals surface area contributed by atoms with Gasteiger partial charge in [-0.1, -0.05) is 40.2 Å². The first-order valence-corrected chi connectivity index (χ1v) is 8.54. The van der Waals surface area contributed by atoms with Gasteiger partial charge < -0.3 is 9.84 Å². The number of amides is 1. The summed E-state index contributed by atoms with van der Waals surface area (Å²) in [6, 6.07) is 10.7. The third-order valence-electron chi connectivity index (χ3n) is 4.03. The molecule has 0 atom stereocenters. The maximum atomic E-state index is 13.7. The summed E-state index contributed by atoms with van der Waals surface area (Å²) in [5.41, 5.74) is 2.16. The highest BCUT2D eigenvalue weighted by molar-refractivity contribution is 6.01. The van der Waals surface area contributed by atoms with Crippen LogP contribution in [0.25, 0.3) is 11.5 Å². The molecule has 0 spiro atoms. The Morgan fingerprint density at radius 3 is 2.76 bits per heavy atom. The smallest absolute Gasteiger partial charge is 0.316 e. The lowest BCUT2D eigenvalue weighted by atomic mass is 10.1. The van der Waals surface area contributed by atoms with Crippen LogP contribution in [0, 0.1) is 18.6 Å². The third-order valence-corrected chi connectivity index (χ3v) is 4.03. The van der Waals surface area contributed by atoms with Crippen molar-refractivity contribution in [3.05, 3.63) is 77.3 Å². The van der Waals surface area contributed by atoms with Crippen molar-refractivity contribution in [1.82, 2.24) is 25.1 Å². The Kier molecular flexibility index (Phi) is 4.82. The fourth-order valence-corrected chi connectivity index (χ4v) is 2.55. The standard InChI is InChI=1S/C19H14F2N6O2/c1-11-2-4-12(5-3-11)9-27-10-16(24-26-27)17-23-19(29-25-17)18(28)22-15-8-13(20)6-7-14(15)21/h2-8,10H,9H2,1H3,(H,22,28). The molecule has 4 rings (SSSR count). The molecule has 1 N–H and O–H groups in total. The molecule has 0 aliphatic heterocycles. The second-order valence-corrected chi connectivity index (χ2v) is 6.29. The predicted molar refractivity (Wildman–Crippen MR) is 97.9 cm³/mol. The van der Waals surface area contributed by atoms with E-state index in [2.05, 4.69) is 25.8 Å². The Bertz CT molecular complexity index is 1170. The van der Waals surface area contributed by atoms with E-state index in [1.165, 1.54) is 0 Å². The SMILES string of the molecule is Cc1ccc(Cn2cc(-c3noc(C(=O)Nc4cc(F)ccc4F)n3)nn2)cc1. The molecule has 0 saturated carbocycles. The van der Waals surface area contributed by atoms with Gasteiger partial charge in [-0.3, -0.25) is 4.79 Å². The number of benzene rings is 2. The Morgan fingerprint density at radius 2 is 1.97 bits per heavy atom. The van der Waals surface area contributed by atoms with Crippen molar-refractivity contribution in [2.75, 3.05) is 5.32 Å². The number of anilines is 1. The molecule has 10 heteroatoms. The van der Waals surface area contributed by atoms with Crippen molar-refractivity contribution in [3.8, 4) is 11.5 Å². The highest BCUT2D eigenvalue weighted by atomic mass is 19.1. The van der Waals surface area contributed by atoms with E-state index in [1.54, 1.807) is 10.9 Å². The molecular formula is C19H14F2N6O2. The van der Waals surface area contributed by atoms with Gasteiger partial charge >= 0.3 is 11.8 Å². The first-order chi connectivity index (χ1) is 14.0. The molecule has 0 radical (unpaired) electrons. The van der Waals surface area contributed by atoms with E-state index in [0.29, 0.717) is 12.2 Å². The normalized spacial score (nSPS) is 10.9. The van der Waals surface area contributed by atoms with Crippen molar-refractivity contribution in [2.24, 2.45) is 0 Å². The Morgan fingerprint density at radius 1 is 1.17 bits per heavy atom.